The van der Waals surface area contributed by atoms with Gasteiger partial charge in [-0.2, -0.15) is 0 Å². The van der Waals surface area contributed by atoms with E-state index in [9.17, 15) is 14.4 Å². The molecule has 1 aromatic carbocycles. The van der Waals surface area contributed by atoms with Crippen LogP contribution in [-0.4, -0.2) is 22.7 Å². The van der Waals surface area contributed by atoms with Crippen molar-refractivity contribution in [3.05, 3.63) is 47.8 Å². The molecule has 7 heteroatoms. The molecule has 1 unspecified atom stereocenters. The second-order valence-electron chi connectivity index (χ2n) is 5.80. The van der Waals surface area contributed by atoms with Gasteiger partial charge in [-0.05, 0) is 30.5 Å². The van der Waals surface area contributed by atoms with E-state index in [1.54, 1.807) is 0 Å². The lowest BCUT2D eigenvalue weighted by Crippen LogP contribution is -2.30. The number of aromatic amines is 1. The van der Waals surface area contributed by atoms with Gasteiger partial charge in [-0.25, -0.2) is 0 Å². The summed E-state index contributed by atoms with van der Waals surface area (Å²) in [6.07, 6.45) is 2.81. The maximum absolute atomic E-state index is 12.1. The van der Waals surface area contributed by atoms with E-state index >= 15 is 0 Å². The smallest absolute Gasteiger partial charge is 0.265 e. The molecule has 1 atom stereocenters. The Bertz CT molecular complexity index is 797. The van der Waals surface area contributed by atoms with E-state index in [0.717, 1.165) is 11.3 Å². The number of rotatable bonds is 5. The Morgan fingerprint density at radius 1 is 1.29 bits per heavy atom. The van der Waals surface area contributed by atoms with Crippen LogP contribution in [0.1, 0.15) is 28.9 Å². The number of fused-ring (bicyclic) bond motifs is 1. The van der Waals surface area contributed by atoms with E-state index < -0.39 is 5.91 Å². The highest BCUT2D eigenvalue weighted by molar-refractivity contribution is 5.97. The van der Waals surface area contributed by atoms with Crippen LogP contribution in [0, 0.1) is 5.92 Å². The Morgan fingerprint density at radius 3 is 2.83 bits per heavy atom. The average Bonchev–Trinajstić information content (AvgIpc) is 3.01. The molecule has 0 spiro atoms. The van der Waals surface area contributed by atoms with E-state index in [1.807, 2.05) is 24.3 Å². The molecule has 1 aromatic heterocycles. The summed E-state index contributed by atoms with van der Waals surface area (Å²) in [5.41, 5.74) is 7.77. The summed E-state index contributed by atoms with van der Waals surface area (Å²) in [5.74, 6) is -1.08. The number of nitrogens with one attached hydrogen (secondary N) is 3. The zero-order valence-corrected chi connectivity index (χ0v) is 13.0. The third-order valence-corrected chi connectivity index (χ3v) is 4.06. The first-order valence-corrected chi connectivity index (χ1v) is 7.70. The van der Waals surface area contributed by atoms with Crippen LogP contribution in [0.25, 0.3) is 0 Å². The van der Waals surface area contributed by atoms with Gasteiger partial charge in [0.15, 0.2) is 0 Å². The molecular formula is C17H18N4O3. The van der Waals surface area contributed by atoms with Crippen LogP contribution in [0.3, 0.4) is 0 Å². The molecule has 3 rings (SSSR count). The molecule has 124 valence electrons. The molecule has 3 amide bonds. The summed E-state index contributed by atoms with van der Waals surface area (Å²) in [4.78, 5) is 37.8. The molecule has 1 aliphatic rings. The molecule has 0 fully saturated rings. The van der Waals surface area contributed by atoms with E-state index in [0.29, 0.717) is 18.5 Å². The minimum atomic E-state index is -0.590. The number of amides is 3. The van der Waals surface area contributed by atoms with Gasteiger partial charge >= 0.3 is 0 Å². The first-order valence-electron chi connectivity index (χ1n) is 7.70. The SMILES string of the molecule is NC(=O)c1cc(NC(=O)CCC2Cc3ccccc3NC2=O)c[nH]1. The van der Waals surface area contributed by atoms with Crippen molar-refractivity contribution >= 4 is 29.1 Å². The minimum Gasteiger partial charge on any atom is -0.364 e. The van der Waals surface area contributed by atoms with Gasteiger partial charge < -0.3 is 21.4 Å². The number of primary amides is 1. The molecule has 2 aromatic rings. The molecule has 24 heavy (non-hydrogen) atoms. The molecule has 0 aliphatic carbocycles. The van der Waals surface area contributed by atoms with E-state index in [4.69, 9.17) is 5.73 Å². The zero-order valence-electron chi connectivity index (χ0n) is 13.0. The van der Waals surface area contributed by atoms with Crippen LogP contribution in [0.15, 0.2) is 36.5 Å². The second-order valence-corrected chi connectivity index (χ2v) is 5.80. The second kappa shape index (κ2) is 6.57. The third kappa shape index (κ3) is 3.45. The van der Waals surface area contributed by atoms with Crippen molar-refractivity contribution in [1.82, 2.24) is 4.98 Å². The molecule has 0 radical (unpaired) electrons. The minimum absolute atomic E-state index is 0.0563. The maximum Gasteiger partial charge on any atom is 0.265 e. The fourth-order valence-electron chi connectivity index (χ4n) is 2.78. The fourth-order valence-corrected chi connectivity index (χ4v) is 2.78. The Kier molecular flexibility index (Phi) is 4.33. The summed E-state index contributed by atoms with van der Waals surface area (Å²) in [6.45, 7) is 0. The van der Waals surface area contributed by atoms with Crippen LogP contribution >= 0.6 is 0 Å². The number of para-hydroxylation sites is 1. The van der Waals surface area contributed by atoms with Crippen molar-refractivity contribution in [2.24, 2.45) is 11.7 Å². The van der Waals surface area contributed by atoms with Crippen molar-refractivity contribution < 1.29 is 14.4 Å². The van der Waals surface area contributed by atoms with Crippen LogP contribution in [-0.2, 0) is 16.0 Å². The number of benzene rings is 1. The first-order chi connectivity index (χ1) is 11.5. The number of carbonyl (C=O) groups excluding carboxylic acids is 3. The van der Waals surface area contributed by atoms with E-state index in [1.165, 1.54) is 12.3 Å². The van der Waals surface area contributed by atoms with Gasteiger partial charge in [0.25, 0.3) is 5.91 Å². The summed E-state index contributed by atoms with van der Waals surface area (Å²) >= 11 is 0. The topological polar surface area (TPSA) is 117 Å². The number of carbonyl (C=O) groups is 3. The highest BCUT2D eigenvalue weighted by atomic mass is 16.2. The fraction of sp³-hybridized carbons (Fsp3) is 0.235. The molecule has 5 N–H and O–H groups in total. The van der Waals surface area contributed by atoms with Crippen LogP contribution in [0.4, 0.5) is 11.4 Å². The van der Waals surface area contributed by atoms with Crippen LogP contribution < -0.4 is 16.4 Å². The van der Waals surface area contributed by atoms with Crippen molar-refractivity contribution in [2.45, 2.75) is 19.3 Å². The molecule has 7 nitrogen and oxygen atoms in total. The Hall–Kier alpha value is -3.09. The van der Waals surface area contributed by atoms with Crippen LogP contribution in [0.2, 0.25) is 0 Å². The van der Waals surface area contributed by atoms with Gasteiger partial charge in [0, 0.05) is 24.2 Å². The zero-order chi connectivity index (χ0) is 17.1. The van der Waals surface area contributed by atoms with Crippen molar-refractivity contribution in [1.29, 1.82) is 0 Å². The van der Waals surface area contributed by atoms with E-state index in [2.05, 4.69) is 15.6 Å². The quantitative estimate of drug-likeness (QED) is 0.669. The summed E-state index contributed by atoms with van der Waals surface area (Å²) in [7, 11) is 0. The first kappa shape index (κ1) is 15.8. The molecular weight excluding hydrogens is 308 g/mol. The lowest BCUT2D eigenvalue weighted by Gasteiger charge is -2.24. The predicted octanol–water partition coefficient (Wildman–Crippen LogP) is 1.64. The Morgan fingerprint density at radius 2 is 2.08 bits per heavy atom. The normalized spacial score (nSPS) is 16.2. The maximum atomic E-state index is 12.1. The Labute approximate surface area is 138 Å². The number of aromatic nitrogens is 1. The van der Waals surface area contributed by atoms with Crippen LogP contribution in [0.5, 0.6) is 0 Å². The highest BCUT2D eigenvalue weighted by Crippen LogP contribution is 2.27. The predicted molar refractivity (Wildman–Crippen MR) is 89.4 cm³/mol. The number of hydrogen-bond acceptors (Lipinski definition) is 3. The number of H-pyrrole nitrogens is 1. The lowest BCUT2D eigenvalue weighted by atomic mass is 9.89. The molecule has 1 aliphatic heterocycles. The lowest BCUT2D eigenvalue weighted by molar-refractivity contribution is -0.121. The van der Waals surface area contributed by atoms with Gasteiger partial charge in [-0.3, -0.25) is 14.4 Å². The van der Waals surface area contributed by atoms with Gasteiger partial charge in [-0.1, -0.05) is 18.2 Å². The molecule has 2 heterocycles. The number of hydrogen-bond donors (Lipinski definition) is 4. The van der Waals surface area contributed by atoms with Gasteiger partial charge in [0.1, 0.15) is 5.69 Å². The average molecular weight is 326 g/mol. The monoisotopic (exact) mass is 326 g/mol. The summed E-state index contributed by atoms with van der Waals surface area (Å²) < 4.78 is 0. The molecule has 0 saturated carbocycles. The van der Waals surface area contributed by atoms with Crippen molar-refractivity contribution in [2.75, 3.05) is 10.6 Å². The molecule has 0 bridgehead atoms. The summed E-state index contributed by atoms with van der Waals surface area (Å²) in [6, 6.07) is 9.14. The third-order valence-electron chi connectivity index (χ3n) is 4.06. The number of anilines is 2. The van der Waals surface area contributed by atoms with Gasteiger partial charge in [0.05, 0.1) is 5.69 Å². The van der Waals surface area contributed by atoms with E-state index in [-0.39, 0.29) is 29.8 Å². The van der Waals surface area contributed by atoms with Gasteiger partial charge in [-0.15, -0.1) is 0 Å². The largest absolute Gasteiger partial charge is 0.364 e. The van der Waals surface area contributed by atoms with Crippen molar-refractivity contribution in [3.63, 3.8) is 0 Å². The molecule has 0 saturated heterocycles. The van der Waals surface area contributed by atoms with Gasteiger partial charge in [0.2, 0.25) is 11.8 Å². The number of nitrogens with two attached hydrogens (primary N) is 1. The highest BCUT2D eigenvalue weighted by Gasteiger charge is 2.26. The van der Waals surface area contributed by atoms with Crippen molar-refractivity contribution in [3.8, 4) is 0 Å². The standard InChI is InChI=1S/C17H18N4O3/c18-16(23)14-8-12(9-19-14)20-15(22)6-5-11-7-10-3-1-2-4-13(10)21-17(11)24/h1-4,8-9,11,19H,5-7H2,(H2,18,23)(H,20,22)(H,21,24). The summed E-state index contributed by atoms with van der Waals surface area (Å²) in [5, 5.41) is 5.55. The Balaban J connectivity index is 1.54.